The van der Waals surface area contributed by atoms with Crippen LogP contribution < -0.4 is 5.56 Å². The third kappa shape index (κ3) is 3.96. The van der Waals surface area contributed by atoms with Crippen LogP contribution in [0.4, 0.5) is 0 Å². The molecule has 1 N–H and O–H groups in total. The van der Waals surface area contributed by atoms with Crippen LogP contribution in [0.5, 0.6) is 0 Å². The van der Waals surface area contributed by atoms with Gasteiger partial charge in [0.1, 0.15) is 4.90 Å². The van der Waals surface area contributed by atoms with Gasteiger partial charge in [-0.15, -0.1) is 0 Å². The molecule has 0 spiro atoms. The summed E-state index contributed by atoms with van der Waals surface area (Å²) in [5.74, 6) is 0.353. The largest absolute Gasteiger partial charge is 0.305 e. The number of nitrogens with one attached hydrogen (secondary N) is 1. The van der Waals surface area contributed by atoms with E-state index in [1.165, 1.54) is 21.3 Å². The number of likely N-dealkylation sites (N-methyl/N-ethyl adjacent to an activating group) is 1. The van der Waals surface area contributed by atoms with Gasteiger partial charge >= 0.3 is 0 Å². The van der Waals surface area contributed by atoms with Gasteiger partial charge in [-0.2, -0.15) is 4.31 Å². The maximum atomic E-state index is 12.9. The summed E-state index contributed by atoms with van der Waals surface area (Å²) in [5.41, 5.74) is 1.46. The first-order chi connectivity index (χ1) is 14.4. The molecule has 30 heavy (non-hydrogen) atoms. The number of hydrogen-bond acceptors (Lipinski definition) is 5. The topological polar surface area (TPSA) is 91.3 Å². The van der Waals surface area contributed by atoms with Crippen LogP contribution in [0.3, 0.4) is 0 Å². The number of aromatic nitrogens is 3. The highest BCUT2D eigenvalue weighted by molar-refractivity contribution is 7.89. The normalized spacial score (nSPS) is 17.6. The van der Waals surface area contributed by atoms with Crippen molar-refractivity contribution in [3.05, 3.63) is 76.3 Å². The summed E-state index contributed by atoms with van der Waals surface area (Å²) in [6.45, 7) is 0.960. The average Bonchev–Trinajstić information content (AvgIpc) is 3.38. The molecule has 3 aromatic rings. The number of aromatic amines is 1. The summed E-state index contributed by atoms with van der Waals surface area (Å²) in [4.78, 5) is 19.1. The first kappa shape index (κ1) is 20.5. The Bertz CT molecular complexity index is 1170. The maximum Gasteiger partial charge on any atom is 0.276 e. The number of rotatable bonds is 6. The van der Waals surface area contributed by atoms with Crippen LogP contribution in [0, 0.1) is 0 Å². The van der Waals surface area contributed by atoms with E-state index in [9.17, 15) is 13.2 Å². The second-order valence-electron chi connectivity index (χ2n) is 7.72. The third-order valence-corrected chi connectivity index (χ3v) is 7.38. The van der Waals surface area contributed by atoms with Gasteiger partial charge in [-0.25, -0.2) is 18.1 Å². The lowest BCUT2D eigenvalue weighted by Crippen LogP contribution is -2.34. The predicted octanol–water partition coefficient (Wildman–Crippen LogP) is 1.48. The molecule has 158 valence electrons. The van der Waals surface area contributed by atoms with Gasteiger partial charge in [0.25, 0.3) is 5.56 Å². The van der Waals surface area contributed by atoms with Crippen LogP contribution in [0.15, 0.2) is 64.5 Å². The van der Waals surface area contributed by atoms with Gasteiger partial charge in [0.15, 0.2) is 5.82 Å². The lowest BCUT2D eigenvalue weighted by Gasteiger charge is -2.20. The number of benzene rings is 1. The molecule has 1 aliphatic rings. The van der Waals surface area contributed by atoms with Crippen LogP contribution in [0.2, 0.25) is 0 Å². The Balaban J connectivity index is 1.54. The standard InChI is InChI=1S/C21H25N5O3S/c1-24(2)18-10-11-25(15-18)30(28,29)19-8-9-20(22-14-19)26-21(27)17(13-23-26)12-16-6-4-3-5-7-16/h3-9,13-14,18,23H,10-12,15H2,1-2H3/t18-/m1/s1. The van der Waals surface area contributed by atoms with Gasteiger partial charge in [-0.3, -0.25) is 9.89 Å². The van der Waals surface area contributed by atoms with E-state index in [0.29, 0.717) is 30.9 Å². The van der Waals surface area contributed by atoms with Crippen LogP contribution in [0.1, 0.15) is 17.5 Å². The van der Waals surface area contributed by atoms with E-state index in [1.807, 2.05) is 49.3 Å². The molecule has 0 saturated carbocycles. The Kier molecular flexibility index (Phi) is 5.59. The molecule has 3 heterocycles. The average molecular weight is 428 g/mol. The lowest BCUT2D eigenvalue weighted by molar-refractivity contribution is 0.302. The van der Waals surface area contributed by atoms with E-state index in [-0.39, 0.29) is 16.5 Å². The second kappa shape index (κ2) is 8.17. The molecule has 1 atom stereocenters. The molecule has 1 fully saturated rings. The van der Waals surface area contributed by atoms with Gasteiger partial charge < -0.3 is 4.90 Å². The van der Waals surface area contributed by atoms with Gasteiger partial charge in [0, 0.05) is 43.5 Å². The number of hydrogen-bond donors (Lipinski definition) is 1. The van der Waals surface area contributed by atoms with Crippen molar-refractivity contribution in [2.75, 3.05) is 27.2 Å². The van der Waals surface area contributed by atoms with Crippen molar-refractivity contribution in [1.29, 1.82) is 0 Å². The first-order valence-corrected chi connectivity index (χ1v) is 11.3. The first-order valence-electron chi connectivity index (χ1n) is 9.82. The Morgan fingerprint density at radius 1 is 1.17 bits per heavy atom. The molecule has 9 heteroatoms. The summed E-state index contributed by atoms with van der Waals surface area (Å²) in [6.07, 6.45) is 4.29. The van der Waals surface area contributed by atoms with E-state index < -0.39 is 10.0 Å². The fraction of sp³-hybridized carbons (Fsp3) is 0.333. The Morgan fingerprint density at radius 3 is 2.57 bits per heavy atom. The van der Waals surface area contributed by atoms with Crippen molar-refractivity contribution >= 4 is 10.0 Å². The highest BCUT2D eigenvalue weighted by atomic mass is 32.2. The minimum absolute atomic E-state index is 0.134. The molecule has 0 unspecified atom stereocenters. The number of H-pyrrole nitrogens is 1. The molecule has 1 aliphatic heterocycles. The number of pyridine rings is 1. The summed E-state index contributed by atoms with van der Waals surface area (Å²) in [5, 5.41) is 2.92. The predicted molar refractivity (Wildman–Crippen MR) is 114 cm³/mol. The molecule has 0 radical (unpaired) electrons. The fourth-order valence-electron chi connectivity index (χ4n) is 3.68. The minimum atomic E-state index is -3.60. The van der Waals surface area contributed by atoms with Gasteiger partial charge in [0.2, 0.25) is 10.0 Å². The molecule has 1 saturated heterocycles. The van der Waals surface area contributed by atoms with Crippen molar-refractivity contribution in [3.63, 3.8) is 0 Å². The zero-order valence-corrected chi connectivity index (χ0v) is 17.8. The van der Waals surface area contributed by atoms with E-state index >= 15 is 0 Å². The third-order valence-electron chi connectivity index (χ3n) is 5.53. The van der Waals surface area contributed by atoms with Crippen LogP contribution in [0.25, 0.3) is 5.82 Å². The second-order valence-corrected chi connectivity index (χ2v) is 9.66. The number of sulfonamides is 1. The zero-order chi connectivity index (χ0) is 21.3. The minimum Gasteiger partial charge on any atom is -0.305 e. The fourth-order valence-corrected chi connectivity index (χ4v) is 5.11. The van der Waals surface area contributed by atoms with E-state index in [1.54, 1.807) is 12.3 Å². The highest BCUT2D eigenvalue weighted by Gasteiger charge is 2.33. The molecule has 0 aliphatic carbocycles. The molecule has 4 rings (SSSR count). The summed E-state index contributed by atoms with van der Waals surface area (Å²) in [6, 6.07) is 13.0. The molecular weight excluding hydrogens is 402 g/mol. The van der Waals surface area contributed by atoms with Gasteiger partial charge in [0.05, 0.1) is 0 Å². The summed E-state index contributed by atoms with van der Waals surface area (Å²) < 4.78 is 28.7. The molecule has 8 nitrogen and oxygen atoms in total. The smallest absolute Gasteiger partial charge is 0.276 e. The monoisotopic (exact) mass is 427 g/mol. The SMILES string of the molecule is CN(C)[C@@H]1CCN(S(=O)(=O)c2ccc(-n3[nH]cc(Cc4ccccc4)c3=O)nc2)C1. The summed E-state index contributed by atoms with van der Waals surface area (Å²) in [7, 11) is 0.308. The van der Waals surface area contributed by atoms with E-state index in [4.69, 9.17) is 0 Å². The molecule has 0 amide bonds. The van der Waals surface area contributed by atoms with E-state index in [0.717, 1.165) is 12.0 Å². The van der Waals surface area contributed by atoms with Crippen LogP contribution >= 0.6 is 0 Å². The van der Waals surface area contributed by atoms with Gasteiger partial charge in [-0.1, -0.05) is 30.3 Å². The van der Waals surface area contributed by atoms with Crippen molar-refractivity contribution in [2.45, 2.75) is 23.8 Å². The van der Waals surface area contributed by atoms with Crippen molar-refractivity contribution in [3.8, 4) is 5.82 Å². The van der Waals surface area contributed by atoms with E-state index in [2.05, 4.69) is 10.1 Å². The highest BCUT2D eigenvalue weighted by Crippen LogP contribution is 2.22. The summed E-state index contributed by atoms with van der Waals surface area (Å²) >= 11 is 0. The quantitative estimate of drug-likeness (QED) is 0.643. The Labute approximate surface area is 175 Å². The Morgan fingerprint density at radius 2 is 1.93 bits per heavy atom. The molecule has 2 aromatic heterocycles. The van der Waals surface area contributed by atoms with Crippen molar-refractivity contribution in [2.24, 2.45) is 0 Å². The maximum absolute atomic E-state index is 12.9. The molecule has 1 aromatic carbocycles. The molecule has 0 bridgehead atoms. The van der Waals surface area contributed by atoms with Crippen molar-refractivity contribution < 1.29 is 8.42 Å². The Hall–Kier alpha value is -2.75. The van der Waals surface area contributed by atoms with Crippen molar-refractivity contribution in [1.82, 2.24) is 24.0 Å². The van der Waals surface area contributed by atoms with Crippen LogP contribution in [-0.2, 0) is 16.4 Å². The number of nitrogens with zero attached hydrogens (tertiary/aromatic N) is 4. The van der Waals surface area contributed by atoms with Crippen LogP contribution in [-0.4, -0.2) is 65.6 Å². The van der Waals surface area contributed by atoms with Gasteiger partial charge in [-0.05, 0) is 38.2 Å². The lowest BCUT2D eigenvalue weighted by atomic mass is 10.1. The zero-order valence-electron chi connectivity index (χ0n) is 17.0. The molecular formula is C21H25N5O3S.